The molecule has 1 atom stereocenters. The average Bonchev–Trinajstić information content (AvgIpc) is 2.97. The van der Waals surface area contributed by atoms with Gasteiger partial charge in [0.2, 0.25) is 0 Å². The number of rotatable bonds is 5. The van der Waals surface area contributed by atoms with Gasteiger partial charge in [0, 0.05) is 31.6 Å². The Hall–Kier alpha value is -1.40. The van der Waals surface area contributed by atoms with Crippen molar-refractivity contribution in [3.05, 3.63) is 17.5 Å². The van der Waals surface area contributed by atoms with Crippen molar-refractivity contribution in [3.8, 4) is 0 Å². The van der Waals surface area contributed by atoms with Gasteiger partial charge in [0.1, 0.15) is 0 Å². The van der Waals surface area contributed by atoms with Crippen molar-refractivity contribution in [2.75, 3.05) is 32.8 Å². The number of aromatic nitrogens is 2. The topological polar surface area (TPSA) is 70.2 Å². The van der Waals surface area contributed by atoms with Gasteiger partial charge in [-0.15, -0.1) is 0 Å². The largest absolute Gasteiger partial charge is 0.376 e. The fourth-order valence-electron chi connectivity index (χ4n) is 2.68. The third kappa shape index (κ3) is 4.30. The van der Waals surface area contributed by atoms with Crippen LogP contribution in [0, 0.1) is 0 Å². The van der Waals surface area contributed by atoms with E-state index < -0.39 is 0 Å². The number of H-pyrrole nitrogens is 1. The molecule has 1 aromatic rings. The van der Waals surface area contributed by atoms with Gasteiger partial charge < -0.3 is 10.1 Å². The van der Waals surface area contributed by atoms with Gasteiger partial charge in [-0.25, -0.2) is 0 Å². The van der Waals surface area contributed by atoms with Crippen LogP contribution in [0.2, 0.25) is 0 Å². The summed E-state index contributed by atoms with van der Waals surface area (Å²) in [7, 11) is 0. The second-order valence-electron chi connectivity index (χ2n) is 6.87. The Kier molecular flexibility index (Phi) is 5.58. The first-order valence-corrected chi connectivity index (χ1v) is 8.07. The highest BCUT2D eigenvalue weighted by Gasteiger charge is 2.24. The maximum Gasteiger partial charge on any atom is 0.254 e. The molecule has 2 N–H and O–H groups in total. The molecule has 124 valence electrons. The Labute approximate surface area is 132 Å². The van der Waals surface area contributed by atoms with Gasteiger partial charge in [-0.3, -0.25) is 14.8 Å². The number of nitrogens with one attached hydrogen (secondary N) is 2. The standard InChI is InChI=1S/C16H28N4O2/c1-5-12-11-20(8-9-22-12)7-6-17-15(21)13-10-18-19-14(13)16(2,3)4/h10,12H,5-9,11H2,1-4H3,(H,17,21)(H,18,19). The Morgan fingerprint density at radius 1 is 1.55 bits per heavy atom. The zero-order chi connectivity index (χ0) is 16.2. The molecule has 0 spiro atoms. The molecule has 0 radical (unpaired) electrons. The van der Waals surface area contributed by atoms with Crippen molar-refractivity contribution in [1.82, 2.24) is 20.4 Å². The van der Waals surface area contributed by atoms with Crippen LogP contribution in [0.1, 0.15) is 50.2 Å². The third-order valence-corrected chi connectivity index (χ3v) is 4.03. The molecule has 22 heavy (non-hydrogen) atoms. The highest BCUT2D eigenvalue weighted by Crippen LogP contribution is 2.23. The monoisotopic (exact) mass is 308 g/mol. The molecule has 2 heterocycles. The number of carbonyl (C=O) groups excluding carboxylic acids is 1. The van der Waals surface area contributed by atoms with Crippen LogP contribution in [-0.4, -0.2) is 59.9 Å². The lowest BCUT2D eigenvalue weighted by atomic mass is 9.89. The summed E-state index contributed by atoms with van der Waals surface area (Å²) in [6.07, 6.45) is 2.97. The van der Waals surface area contributed by atoms with Crippen LogP contribution < -0.4 is 5.32 Å². The molecule has 6 nitrogen and oxygen atoms in total. The van der Waals surface area contributed by atoms with Crippen LogP contribution in [0.25, 0.3) is 0 Å². The van der Waals surface area contributed by atoms with E-state index in [0.717, 1.165) is 38.4 Å². The number of nitrogens with zero attached hydrogens (tertiary/aromatic N) is 2. The SMILES string of the molecule is CCC1CN(CCNC(=O)c2cn[nH]c2C(C)(C)C)CCO1. The number of aromatic amines is 1. The highest BCUT2D eigenvalue weighted by molar-refractivity contribution is 5.95. The predicted molar refractivity (Wildman–Crippen MR) is 86.1 cm³/mol. The molecule has 1 fully saturated rings. The second-order valence-corrected chi connectivity index (χ2v) is 6.87. The highest BCUT2D eigenvalue weighted by atomic mass is 16.5. The average molecular weight is 308 g/mol. The van der Waals surface area contributed by atoms with E-state index in [1.54, 1.807) is 6.20 Å². The molecule has 1 unspecified atom stereocenters. The minimum absolute atomic E-state index is 0.0565. The minimum atomic E-state index is -0.123. The molecule has 1 amide bonds. The molecule has 1 aliphatic heterocycles. The first-order valence-electron chi connectivity index (χ1n) is 8.07. The van der Waals surface area contributed by atoms with Crippen molar-refractivity contribution in [2.45, 2.75) is 45.6 Å². The van der Waals surface area contributed by atoms with Crippen molar-refractivity contribution < 1.29 is 9.53 Å². The van der Waals surface area contributed by atoms with E-state index in [-0.39, 0.29) is 11.3 Å². The number of carbonyl (C=O) groups is 1. The number of ether oxygens (including phenoxy) is 1. The summed E-state index contributed by atoms with van der Waals surface area (Å²) < 4.78 is 5.66. The molecule has 0 saturated carbocycles. The Morgan fingerprint density at radius 3 is 3.00 bits per heavy atom. The van der Waals surface area contributed by atoms with Gasteiger partial charge in [-0.1, -0.05) is 27.7 Å². The molecular formula is C16H28N4O2. The van der Waals surface area contributed by atoms with E-state index >= 15 is 0 Å². The predicted octanol–water partition coefficient (Wildman–Crippen LogP) is 1.55. The quantitative estimate of drug-likeness (QED) is 0.866. The first-order chi connectivity index (χ1) is 10.4. The fourth-order valence-corrected chi connectivity index (χ4v) is 2.68. The number of hydrogen-bond donors (Lipinski definition) is 2. The van der Waals surface area contributed by atoms with Crippen LogP contribution in [0.4, 0.5) is 0 Å². The van der Waals surface area contributed by atoms with Crippen LogP contribution in [0.3, 0.4) is 0 Å². The van der Waals surface area contributed by atoms with E-state index in [1.807, 2.05) is 0 Å². The molecule has 0 bridgehead atoms. The summed E-state index contributed by atoms with van der Waals surface area (Å²) in [6.45, 7) is 12.5. The lowest BCUT2D eigenvalue weighted by Gasteiger charge is -2.32. The van der Waals surface area contributed by atoms with Gasteiger partial charge in [0.25, 0.3) is 5.91 Å². The van der Waals surface area contributed by atoms with Crippen molar-refractivity contribution in [2.24, 2.45) is 0 Å². The molecule has 1 aromatic heterocycles. The smallest absolute Gasteiger partial charge is 0.254 e. The summed E-state index contributed by atoms with van der Waals surface area (Å²) in [6, 6.07) is 0. The zero-order valence-corrected chi connectivity index (χ0v) is 14.1. The van der Waals surface area contributed by atoms with E-state index in [1.165, 1.54) is 0 Å². The van der Waals surface area contributed by atoms with E-state index in [0.29, 0.717) is 18.2 Å². The zero-order valence-electron chi connectivity index (χ0n) is 14.1. The second kappa shape index (κ2) is 7.24. The number of amides is 1. The van der Waals surface area contributed by atoms with Gasteiger partial charge >= 0.3 is 0 Å². The Bertz CT molecular complexity index is 493. The van der Waals surface area contributed by atoms with E-state index in [4.69, 9.17) is 4.74 Å². The molecule has 6 heteroatoms. The molecule has 0 aliphatic carbocycles. The van der Waals surface area contributed by atoms with Gasteiger partial charge in [0.05, 0.1) is 30.2 Å². The Morgan fingerprint density at radius 2 is 2.32 bits per heavy atom. The molecule has 1 saturated heterocycles. The fraction of sp³-hybridized carbons (Fsp3) is 0.750. The third-order valence-electron chi connectivity index (χ3n) is 4.03. The minimum Gasteiger partial charge on any atom is -0.376 e. The maximum absolute atomic E-state index is 12.3. The Balaban J connectivity index is 1.82. The lowest BCUT2D eigenvalue weighted by molar-refractivity contribution is -0.0289. The first kappa shape index (κ1) is 17.0. The molecule has 0 aromatic carbocycles. The van der Waals surface area contributed by atoms with Gasteiger partial charge in [-0.05, 0) is 6.42 Å². The van der Waals surface area contributed by atoms with Gasteiger partial charge in [-0.2, -0.15) is 5.10 Å². The van der Waals surface area contributed by atoms with Gasteiger partial charge in [0.15, 0.2) is 0 Å². The van der Waals surface area contributed by atoms with Crippen molar-refractivity contribution in [1.29, 1.82) is 0 Å². The molecular weight excluding hydrogens is 280 g/mol. The van der Waals surface area contributed by atoms with E-state index in [9.17, 15) is 4.79 Å². The van der Waals surface area contributed by atoms with Crippen molar-refractivity contribution >= 4 is 5.91 Å². The normalized spacial score (nSPS) is 20.1. The summed E-state index contributed by atoms with van der Waals surface area (Å²) in [4.78, 5) is 14.7. The molecule has 1 aliphatic rings. The summed E-state index contributed by atoms with van der Waals surface area (Å²) >= 11 is 0. The maximum atomic E-state index is 12.3. The summed E-state index contributed by atoms with van der Waals surface area (Å²) in [5.41, 5.74) is 1.39. The van der Waals surface area contributed by atoms with Crippen molar-refractivity contribution in [3.63, 3.8) is 0 Å². The summed E-state index contributed by atoms with van der Waals surface area (Å²) in [5, 5.41) is 9.95. The van der Waals surface area contributed by atoms with Crippen LogP contribution in [-0.2, 0) is 10.2 Å². The number of hydrogen-bond acceptors (Lipinski definition) is 4. The van der Waals surface area contributed by atoms with Crippen LogP contribution in [0.15, 0.2) is 6.20 Å². The lowest BCUT2D eigenvalue weighted by Crippen LogP contribution is -2.45. The van der Waals surface area contributed by atoms with E-state index in [2.05, 4.69) is 48.1 Å². The summed E-state index contributed by atoms with van der Waals surface area (Å²) in [5.74, 6) is -0.0565. The number of morpholine rings is 1. The molecule has 2 rings (SSSR count). The van der Waals surface area contributed by atoms with Crippen LogP contribution >= 0.6 is 0 Å². The van der Waals surface area contributed by atoms with Crippen LogP contribution in [0.5, 0.6) is 0 Å².